The molecule has 2 aromatic rings. The third-order valence-corrected chi connectivity index (χ3v) is 4.17. The van der Waals surface area contributed by atoms with Crippen molar-refractivity contribution in [3.63, 3.8) is 0 Å². The average Bonchev–Trinajstić information content (AvgIpc) is 2.50. The monoisotopic (exact) mass is 343 g/mol. The second-order valence-corrected chi connectivity index (χ2v) is 5.95. The van der Waals surface area contributed by atoms with Crippen LogP contribution in [0.3, 0.4) is 0 Å². The van der Waals surface area contributed by atoms with Gasteiger partial charge >= 0.3 is 5.69 Å². The van der Waals surface area contributed by atoms with Crippen LogP contribution in [0.15, 0.2) is 40.2 Å². The average molecular weight is 344 g/mol. The Balaban J connectivity index is 2.38. The quantitative estimate of drug-likeness (QED) is 0.920. The van der Waals surface area contributed by atoms with Crippen LogP contribution in [-0.4, -0.2) is 19.1 Å². The first-order chi connectivity index (χ1) is 10.4. The summed E-state index contributed by atoms with van der Waals surface area (Å²) in [5.74, 6) is -1.92. The largest absolute Gasteiger partial charge is 0.362 e. The topological polar surface area (TPSA) is 81.1 Å². The highest BCUT2D eigenvalue weighted by Gasteiger charge is 2.15. The summed E-state index contributed by atoms with van der Waals surface area (Å²) in [5, 5.41) is 2.60. The lowest BCUT2D eigenvalue weighted by atomic mass is 10.4. The number of nitrogens with one attached hydrogen (secondary N) is 1. The molecule has 1 amide bonds. The second-order valence-electron chi connectivity index (χ2n) is 4.15. The predicted octanol–water partition coefficient (Wildman–Crippen LogP) is 1.96. The summed E-state index contributed by atoms with van der Waals surface area (Å²) in [6.45, 7) is 1.57. The fraction of sp³-hybridized carbons (Fsp3) is 0.154. The molecule has 0 saturated heterocycles. The third kappa shape index (κ3) is 3.58. The number of nitrogens with zero attached hydrogens (tertiary/aromatic N) is 2. The molecule has 0 bridgehead atoms. The summed E-state index contributed by atoms with van der Waals surface area (Å²) >= 11 is 5.72. The molecule has 1 aromatic carbocycles. The molecule has 1 atom stereocenters. The van der Waals surface area contributed by atoms with Crippen LogP contribution in [0.2, 0.25) is 5.02 Å². The Labute approximate surface area is 132 Å². The number of rotatable bonds is 4. The first-order valence-electron chi connectivity index (χ1n) is 6.19. The zero-order valence-electron chi connectivity index (χ0n) is 11.4. The highest BCUT2D eigenvalue weighted by molar-refractivity contribution is 7.83. The molecule has 1 heterocycles. The van der Waals surface area contributed by atoms with E-state index in [-0.39, 0.29) is 11.3 Å². The number of benzene rings is 1. The fourth-order valence-electron chi connectivity index (χ4n) is 1.51. The molecule has 116 valence electrons. The maximum atomic E-state index is 13.9. The predicted molar refractivity (Wildman–Crippen MR) is 80.6 cm³/mol. The van der Waals surface area contributed by atoms with Crippen molar-refractivity contribution in [2.75, 3.05) is 5.32 Å². The van der Waals surface area contributed by atoms with Crippen LogP contribution in [0.5, 0.6) is 0 Å². The van der Waals surface area contributed by atoms with Gasteiger partial charge in [0.2, 0.25) is 5.91 Å². The van der Waals surface area contributed by atoms with Crippen LogP contribution in [0.25, 0.3) is 0 Å². The van der Waals surface area contributed by atoms with E-state index in [1.807, 2.05) is 0 Å². The van der Waals surface area contributed by atoms with Gasteiger partial charge in [-0.05, 0) is 24.3 Å². The van der Waals surface area contributed by atoms with Crippen LogP contribution in [0, 0.1) is 5.82 Å². The minimum absolute atomic E-state index is 0.112. The molecule has 1 unspecified atom stereocenters. The van der Waals surface area contributed by atoms with Crippen LogP contribution in [0.1, 0.15) is 13.3 Å². The third-order valence-electron chi connectivity index (χ3n) is 2.63. The van der Waals surface area contributed by atoms with Crippen molar-refractivity contribution >= 4 is 34.3 Å². The smallest absolute Gasteiger partial charge is 0.308 e. The maximum absolute atomic E-state index is 13.9. The molecule has 0 spiro atoms. The lowest BCUT2D eigenvalue weighted by Gasteiger charge is -2.08. The van der Waals surface area contributed by atoms with Crippen molar-refractivity contribution in [1.29, 1.82) is 0 Å². The van der Waals surface area contributed by atoms with Gasteiger partial charge in [-0.2, -0.15) is 4.98 Å². The van der Waals surface area contributed by atoms with Crippen molar-refractivity contribution in [3.05, 3.63) is 51.8 Å². The molecule has 1 N–H and O–H groups in total. The molecule has 0 aliphatic rings. The Morgan fingerprint density at radius 1 is 1.41 bits per heavy atom. The molecule has 0 aliphatic heterocycles. The van der Waals surface area contributed by atoms with Gasteiger partial charge in [0.1, 0.15) is 0 Å². The first kappa shape index (κ1) is 16.3. The highest BCUT2D eigenvalue weighted by Crippen LogP contribution is 2.14. The van der Waals surface area contributed by atoms with E-state index in [1.54, 1.807) is 6.92 Å². The van der Waals surface area contributed by atoms with Gasteiger partial charge < -0.3 is 5.32 Å². The second kappa shape index (κ2) is 6.80. The van der Waals surface area contributed by atoms with E-state index in [2.05, 4.69) is 10.3 Å². The number of anilines is 1. The Bertz CT molecular complexity index is 792. The fourth-order valence-corrected chi connectivity index (χ4v) is 2.60. The Hall–Kier alpha value is -2.06. The van der Waals surface area contributed by atoms with Crippen molar-refractivity contribution in [1.82, 2.24) is 8.96 Å². The van der Waals surface area contributed by atoms with Crippen molar-refractivity contribution in [2.45, 2.75) is 18.2 Å². The van der Waals surface area contributed by atoms with E-state index in [0.717, 1.165) is 6.20 Å². The van der Waals surface area contributed by atoms with Gasteiger partial charge in [-0.25, -0.2) is 17.4 Å². The van der Waals surface area contributed by atoms with Gasteiger partial charge in [-0.1, -0.05) is 18.5 Å². The number of hydrogen-bond donors (Lipinski definition) is 1. The molecule has 0 aliphatic carbocycles. The van der Waals surface area contributed by atoms with E-state index < -0.39 is 34.2 Å². The van der Waals surface area contributed by atoms with E-state index >= 15 is 0 Å². The van der Waals surface area contributed by atoms with Gasteiger partial charge in [0.15, 0.2) is 22.6 Å². The number of amides is 1. The Morgan fingerprint density at radius 3 is 2.64 bits per heavy atom. The molecule has 0 saturated carbocycles. The van der Waals surface area contributed by atoms with Crippen LogP contribution in [0.4, 0.5) is 10.2 Å². The Morgan fingerprint density at radius 2 is 2.05 bits per heavy atom. The summed E-state index contributed by atoms with van der Waals surface area (Å²) in [7, 11) is -1.97. The molecule has 0 fully saturated rings. The number of halogens is 2. The summed E-state index contributed by atoms with van der Waals surface area (Å²) in [6, 6.07) is 5.91. The number of aromatic nitrogens is 2. The van der Waals surface area contributed by atoms with Gasteiger partial charge in [0, 0.05) is 11.4 Å². The summed E-state index contributed by atoms with van der Waals surface area (Å²) < 4.78 is 26.8. The van der Waals surface area contributed by atoms with Gasteiger partial charge in [0.05, 0.1) is 11.1 Å². The summed E-state index contributed by atoms with van der Waals surface area (Å²) in [4.78, 5) is 26.7. The highest BCUT2D eigenvalue weighted by atomic mass is 35.5. The molecule has 0 radical (unpaired) electrons. The molecule has 9 heteroatoms. The van der Waals surface area contributed by atoms with Crippen LogP contribution < -0.4 is 11.0 Å². The number of carbonyl (C=O) groups excluding carboxylic acids is 1. The molecular weight excluding hydrogens is 333 g/mol. The van der Waals surface area contributed by atoms with Gasteiger partial charge in [-0.3, -0.25) is 4.79 Å². The van der Waals surface area contributed by atoms with E-state index in [1.165, 1.54) is 24.3 Å². The van der Waals surface area contributed by atoms with E-state index in [4.69, 9.17) is 11.6 Å². The normalized spacial score (nSPS) is 12.0. The minimum Gasteiger partial charge on any atom is -0.308 e. The number of hydrogen-bond acceptors (Lipinski definition) is 4. The van der Waals surface area contributed by atoms with Crippen molar-refractivity contribution < 1.29 is 13.4 Å². The minimum atomic E-state index is -1.97. The Kier molecular flexibility index (Phi) is 5.04. The summed E-state index contributed by atoms with van der Waals surface area (Å²) in [5.41, 5.74) is -0.943. The SMILES string of the molecule is CCC(=O)Nc1nc(=O)n(S(=O)c2ccc(Cl)cc2)cc1F. The maximum Gasteiger partial charge on any atom is 0.362 e. The van der Waals surface area contributed by atoms with E-state index in [0.29, 0.717) is 9.00 Å². The zero-order valence-corrected chi connectivity index (χ0v) is 12.9. The van der Waals surface area contributed by atoms with Crippen molar-refractivity contribution in [2.24, 2.45) is 0 Å². The lowest BCUT2D eigenvalue weighted by molar-refractivity contribution is -0.115. The van der Waals surface area contributed by atoms with Crippen LogP contribution >= 0.6 is 11.6 Å². The molecule has 1 aromatic heterocycles. The summed E-state index contributed by atoms with van der Waals surface area (Å²) in [6.07, 6.45) is 0.853. The lowest BCUT2D eigenvalue weighted by Crippen LogP contribution is -2.28. The standard InChI is InChI=1S/C13H11ClFN3O3S/c1-2-11(19)16-12-10(15)7-18(13(20)17-12)22(21)9-5-3-8(14)4-6-9/h3-7H,2H2,1H3,(H,16,17,19,20). The van der Waals surface area contributed by atoms with Gasteiger partial charge in [0.25, 0.3) is 0 Å². The molecular formula is C13H11ClFN3O3S. The van der Waals surface area contributed by atoms with E-state index in [9.17, 15) is 18.2 Å². The van der Waals surface area contributed by atoms with Gasteiger partial charge in [-0.15, -0.1) is 0 Å². The first-order valence-corrected chi connectivity index (χ1v) is 7.67. The van der Waals surface area contributed by atoms with Crippen molar-refractivity contribution in [3.8, 4) is 0 Å². The van der Waals surface area contributed by atoms with Crippen LogP contribution in [-0.2, 0) is 15.8 Å². The molecule has 6 nitrogen and oxygen atoms in total. The zero-order chi connectivity index (χ0) is 16.3. The molecule has 2 rings (SSSR count). The number of carbonyl (C=O) groups is 1. The molecule has 22 heavy (non-hydrogen) atoms.